The van der Waals surface area contributed by atoms with E-state index in [1.165, 1.54) is 0 Å². The maximum absolute atomic E-state index is 13.3. The smallest absolute Gasteiger partial charge is 0.257 e. The molecule has 0 aliphatic carbocycles. The molecule has 2 amide bonds. The lowest BCUT2D eigenvalue weighted by Crippen LogP contribution is -2.55. The Bertz CT molecular complexity index is 664. The van der Waals surface area contributed by atoms with Gasteiger partial charge < -0.3 is 19.0 Å². The number of hydrogen-bond acceptors (Lipinski definition) is 4. The zero-order valence-corrected chi connectivity index (χ0v) is 14.8. The first-order chi connectivity index (χ1) is 12.1. The summed E-state index contributed by atoms with van der Waals surface area (Å²) < 4.78 is 10.7. The normalized spacial score (nSPS) is 28.1. The summed E-state index contributed by atoms with van der Waals surface area (Å²) in [7, 11) is 0. The summed E-state index contributed by atoms with van der Waals surface area (Å²) in [5.74, 6) is 0.883. The molecule has 136 valence electrons. The van der Waals surface area contributed by atoms with Crippen molar-refractivity contribution in [3.63, 3.8) is 0 Å². The molecule has 4 heterocycles. The summed E-state index contributed by atoms with van der Waals surface area (Å²) >= 11 is 0. The van der Waals surface area contributed by atoms with Gasteiger partial charge in [0.25, 0.3) is 5.91 Å². The molecule has 0 bridgehead atoms. The van der Waals surface area contributed by atoms with Crippen LogP contribution in [0, 0.1) is 12.3 Å². The quantitative estimate of drug-likeness (QED) is 0.824. The van der Waals surface area contributed by atoms with Gasteiger partial charge in [0, 0.05) is 38.9 Å². The van der Waals surface area contributed by atoms with Crippen molar-refractivity contribution in [1.29, 1.82) is 0 Å². The van der Waals surface area contributed by atoms with Crippen molar-refractivity contribution < 1.29 is 18.7 Å². The standard InChI is InChI=1S/C19H26N2O4/c1-14-16(5-12-25-14)17(22)20-9-7-19(13-20)6-2-8-21(18(19)23)15-3-10-24-11-4-15/h5,12,15H,2-4,6-11,13H2,1H3/t19-/m0/s1. The van der Waals surface area contributed by atoms with E-state index in [4.69, 9.17) is 9.15 Å². The first-order valence-corrected chi connectivity index (χ1v) is 9.33. The Morgan fingerprint density at radius 3 is 2.76 bits per heavy atom. The number of carbonyl (C=O) groups is 2. The van der Waals surface area contributed by atoms with Gasteiger partial charge in [0.2, 0.25) is 5.91 Å². The van der Waals surface area contributed by atoms with E-state index in [1.807, 2.05) is 4.90 Å². The number of amides is 2. The largest absolute Gasteiger partial charge is 0.469 e. The minimum atomic E-state index is -0.385. The number of nitrogens with zero attached hydrogens (tertiary/aromatic N) is 2. The number of aryl methyl sites for hydroxylation is 1. The molecule has 0 unspecified atom stereocenters. The molecule has 0 aromatic carbocycles. The molecule has 4 rings (SSSR count). The zero-order valence-electron chi connectivity index (χ0n) is 14.8. The first kappa shape index (κ1) is 16.6. The van der Waals surface area contributed by atoms with Crippen LogP contribution < -0.4 is 0 Å². The lowest BCUT2D eigenvalue weighted by Gasteiger charge is -2.44. The molecule has 25 heavy (non-hydrogen) atoms. The van der Waals surface area contributed by atoms with Crippen molar-refractivity contribution in [3.05, 3.63) is 23.7 Å². The van der Waals surface area contributed by atoms with E-state index in [0.717, 1.165) is 51.9 Å². The van der Waals surface area contributed by atoms with Gasteiger partial charge in [-0.2, -0.15) is 0 Å². The molecule has 1 aromatic rings. The van der Waals surface area contributed by atoms with Crippen molar-refractivity contribution in [1.82, 2.24) is 9.80 Å². The zero-order chi connectivity index (χ0) is 17.4. The second kappa shape index (κ2) is 6.48. The van der Waals surface area contributed by atoms with Gasteiger partial charge in [-0.3, -0.25) is 9.59 Å². The van der Waals surface area contributed by atoms with Gasteiger partial charge in [-0.25, -0.2) is 0 Å². The number of furan rings is 1. The highest BCUT2D eigenvalue weighted by molar-refractivity contribution is 5.96. The van der Waals surface area contributed by atoms with E-state index in [-0.39, 0.29) is 17.2 Å². The van der Waals surface area contributed by atoms with Crippen LogP contribution in [0.1, 0.15) is 48.2 Å². The van der Waals surface area contributed by atoms with Crippen LogP contribution in [0.4, 0.5) is 0 Å². The van der Waals surface area contributed by atoms with E-state index < -0.39 is 0 Å². The fourth-order valence-electron chi connectivity index (χ4n) is 4.65. The van der Waals surface area contributed by atoms with E-state index >= 15 is 0 Å². The van der Waals surface area contributed by atoms with Gasteiger partial charge in [-0.15, -0.1) is 0 Å². The third-order valence-corrected chi connectivity index (χ3v) is 6.13. The number of ether oxygens (including phenoxy) is 1. The van der Waals surface area contributed by atoms with Gasteiger partial charge in [0.15, 0.2) is 0 Å². The number of carbonyl (C=O) groups excluding carboxylic acids is 2. The fraction of sp³-hybridized carbons (Fsp3) is 0.684. The first-order valence-electron chi connectivity index (χ1n) is 9.33. The fourth-order valence-corrected chi connectivity index (χ4v) is 4.65. The van der Waals surface area contributed by atoms with Gasteiger partial charge in [-0.05, 0) is 45.1 Å². The second-order valence-corrected chi connectivity index (χ2v) is 7.59. The van der Waals surface area contributed by atoms with Crippen LogP contribution in [-0.2, 0) is 9.53 Å². The maximum atomic E-state index is 13.3. The molecule has 3 aliphatic rings. The van der Waals surface area contributed by atoms with Crippen molar-refractivity contribution >= 4 is 11.8 Å². The highest BCUT2D eigenvalue weighted by Crippen LogP contribution is 2.42. The van der Waals surface area contributed by atoms with Crippen LogP contribution in [0.5, 0.6) is 0 Å². The molecule has 1 spiro atoms. The summed E-state index contributed by atoms with van der Waals surface area (Å²) in [5.41, 5.74) is 0.228. The molecule has 3 saturated heterocycles. The van der Waals surface area contributed by atoms with Gasteiger partial charge in [0.05, 0.1) is 17.2 Å². The van der Waals surface area contributed by atoms with E-state index in [0.29, 0.717) is 30.5 Å². The predicted octanol–water partition coefficient (Wildman–Crippen LogP) is 2.22. The van der Waals surface area contributed by atoms with Crippen molar-refractivity contribution in [2.75, 3.05) is 32.8 Å². The Kier molecular flexibility index (Phi) is 4.31. The summed E-state index contributed by atoms with van der Waals surface area (Å²) in [6.07, 6.45) is 6.09. The van der Waals surface area contributed by atoms with E-state index in [1.54, 1.807) is 19.3 Å². The third-order valence-electron chi connectivity index (χ3n) is 6.13. The Balaban J connectivity index is 1.49. The topological polar surface area (TPSA) is 63.0 Å². The SMILES string of the molecule is Cc1occc1C(=O)N1CC[C@@]2(CCCN(C3CCOCC3)C2=O)C1. The Morgan fingerprint density at radius 1 is 1.24 bits per heavy atom. The van der Waals surface area contributed by atoms with Gasteiger partial charge >= 0.3 is 0 Å². The molecule has 0 radical (unpaired) electrons. The maximum Gasteiger partial charge on any atom is 0.257 e. The summed E-state index contributed by atoms with van der Waals surface area (Å²) in [6, 6.07) is 2.03. The average molecular weight is 346 g/mol. The summed E-state index contributed by atoms with van der Waals surface area (Å²) in [4.78, 5) is 30.0. The Hall–Kier alpha value is -1.82. The number of likely N-dealkylation sites (tertiary alicyclic amines) is 2. The van der Waals surface area contributed by atoms with Crippen LogP contribution in [0.2, 0.25) is 0 Å². The van der Waals surface area contributed by atoms with Gasteiger partial charge in [0.1, 0.15) is 5.76 Å². The molecule has 1 aromatic heterocycles. The van der Waals surface area contributed by atoms with Gasteiger partial charge in [-0.1, -0.05) is 0 Å². The van der Waals surface area contributed by atoms with Crippen LogP contribution in [0.3, 0.4) is 0 Å². The van der Waals surface area contributed by atoms with E-state index in [9.17, 15) is 9.59 Å². The molecular weight excluding hydrogens is 320 g/mol. The minimum absolute atomic E-state index is 0.0147. The molecule has 3 fully saturated rings. The molecule has 3 aliphatic heterocycles. The number of piperidine rings is 1. The molecule has 6 nitrogen and oxygen atoms in total. The lowest BCUT2D eigenvalue weighted by molar-refractivity contribution is -0.150. The second-order valence-electron chi connectivity index (χ2n) is 7.59. The Morgan fingerprint density at radius 2 is 2.04 bits per heavy atom. The Labute approximate surface area is 148 Å². The van der Waals surface area contributed by atoms with Crippen molar-refractivity contribution in [2.45, 2.75) is 45.1 Å². The molecular formula is C19H26N2O4. The summed E-state index contributed by atoms with van der Waals surface area (Å²) in [6.45, 7) is 5.32. The molecule has 0 N–H and O–H groups in total. The van der Waals surface area contributed by atoms with Crippen LogP contribution >= 0.6 is 0 Å². The van der Waals surface area contributed by atoms with Crippen LogP contribution in [-0.4, -0.2) is 60.5 Å². The minimum Gasteiger partial charge on any atom is -0.469 e. The van der Waals surface area contributed by atoms with Crippen molar-refractivity contribution in [2.24, 2.45) is 5.41 Å². The summed E-state index contributed by atoms with van der Waals surface area (Å²) in [5, 5.41) is 0. The lowest BCUT2D eigenvalue weighted by atomic mass is 9.77. The highest BCUT2D eigenvalue weighted by Gasteiger charge is 2.50. The van der Waals surface area contributed by atoms with Crippen molar-refractivity contribution in [3.8, 4) is 0 Å². The highest BCUT2D eigenvalue weighted by atomic mass is 16.5. The molecule has 1 atom stereocenters. The molecule has 6 heteroatoms. The monoisotopic (exact) mass is 346 g/mol. The van der Waals surface area contributed by atoms with E-state index in [2.05, 4.69) is 4.90 Å². The predicted molar refractivity (Wildman–Crippen MR) is 91.2 cm³/mol. The molecule has 0 saturated carbocycles. The third kappa shape index (κ3) is 2.86. The number of rotatable bonds is 2. The van der Waals surface area contributed by atoms with Crippen LogP contribution in [0.15, 0.2) is 16.7 Å². The van der Waals surface area contributed by atoms with Crippen LogP contribution in [0.25, 0.3) is 0 Å². The number of hydrogen-bond donors (Lipinski definition) is 0. The average Bonchev–Trinajstić information content (AvgIpc) is 3.25.